The molecule has 1 N–H and O–H groups in total. The third-order valence-corrected chi connectivity index (χ3v) is 5.51. The van der Waals surface area contributed by atoms with Crippen LogP contribution in [0.4, 0.5) is 5.69 Å². The van der Waals surface area contributed by atoms with E-state index in [-0.39, 0.29) is 18.4 Å². The van der Waals surface area contributed by atoms with Crippen molar-refractivity contribution in [1.82, 2.24) is 4.90 Å². The number of rotatable bonds is 5. The van der Waals surface area contributed by atoms with Crippen LogP contribution in [0, 0.1) is 0 Å². The van der Waals surface area contributed by atoms with Gasteiger partial charge in [-0.05, 0) is 53.6 Å². The first-order valence-electron chi connectivity index (χ1n) is 10.1. The van der Waals surface area contributed by atoms with Crippen LogP contribution in [-0.2, 0) is 16.0 Å². The Labute approximate surface area is 190 Å². The molecule has 1 aliphatic rings. The molecule has 4 rings (SSSR count). The Morgan fingerprint density at radius 1 is 1.06 bits per heavy atom. The van der Waals surface area contributed by atoms with Gasteiger partial charge in [-0.3, -0.25) is 9.59 Å². The second kappa shape index (κ2) is 9.24. The third kappa shape index (κ3) is 4.81. The molecular formula is C25H21ClN2O4. The van der Waals surface area contributed by atoms with Gasteiger partial charge < -0.3 is 15.0 Å². The van der Waals surface area contributed by atoms with E-state index < -0.39 is 12.1 Å². The summed E-state index contributed by atoms with van der Waals surface area (Å²) in [6.45, 7) is -0.118. The number of carbonyl (C=O) groups excluding carboxylic acids is 3. The molecule has 3 aromatic carbocycles. The minimum Gasteiger partial charge on any atom is -0.454 e. The molecule has 0 bridgehead atoms. The normalized spacial score (nSPS) is 14.8. The number of hydrogen-bond donors (Lipinski definition) is 1. The smallest absolute Gasteiger partial charge is 0.339 e. The first-order valence-corrected chi connectivity index (χ1v) is 10.5. The molecule has 2 amide bonds. The van der Waals surface area contributed by atoms with Gasteiger partial charge >= 0.3 is 5.97 Å². The van der Waals surface area contributed by atoms with Crippen LogP contribution >= 0.6 is 11.6 Å². The van der Waals surface area contributed by atoms with Crippen LogP contribution in [0.15, 0.2) is 72.8 Å². The molecule has 162 valence electrons. The summed E-state index contributed by atoms with van der Waals surface area (Å²) in [6.07, 6.45) is 0.0805. The minimum atomic E-state index is -0.408. The minimum absolute atomic E-state index is 0.118. The molecule has 0 fully saturated rings. The number of fused-ring (bicyclic) bond motifs is 1. The van der Waals surface area contributed by atoms with Gasteiger partial charge in [-0.15, -0.1) is 0 Å². The zero-order valence-corrected chi connectivity index (χ0v) is 18.1. The second-order valence-electron chi connectivity index (χ2n) is 7.60. The SMILES string of the molecule is CN(CC(=O)Nc1ccc(Cl)cc1)C(=O)c1ccc2c(c1)C[C@H](c1ccccc1)OC2=O. The van der Waals surface area contributed by atoms with Crippen LogP contribution in [0.1, 0.15) is 37.9 Å². The number of esters is 1. The average molecular weight is 449 g/mol. The molecule has 1 aliphatic heterocycles. The Hall–Kier alpha value is -3.64. The van der Waals surface area contributed by atoms with Gasteiger partial charge in [0.1, 0.15) is 6.10 Å². The first-order chi connectivity index (χ1) is 15.4. The molecule has 7 heteroatoms. The monoisotopic (exact) mass is 448 g/mol. The zero-order valence-electron chi connectivity index (χ0n) is 17.4. The van der Waals surface area contributed by atoms with Gasteiger partial charge in [0.2, 0.25) is 5.91 Å². The molecular weight excluding hydrogens is 428 g/mol. The number of carbonyl (C=O) groups is 3. The number of hydrogen-bond acceptors (Lipinski definition) is 4. The van der Waals surface area contributed by atoms with Crippen molar-refractivity contribution in [2.45, 2.75) is 12.5 Å². The van der Waals surface area contributed by atoms with Crippen LogP contribution in [0.5, 0.6) is 0 Å². The molecule has 0 spiro atoms. The molecule has 32 heavy (non-hydrogen) atoms. The predicted molar refractivity (Wildman–Crippen MR) is 122 cm³/mol. The van der Waals surface area contributed by atoms with E-state index in [2.05, 4.69) is 5.32 Å². The van der Waals surface area contributed by atoms with Crippen molar-refractivity contribution >= 4 is 35.1 Å². The van der Waals surface area contributed by atoms with Crippen LogP contribution < -0.4 is 5.32 Å². The molecule has 0 radical (unpaired) electrons. The van der Waals surface area contributed by atoms with E-state index in [1.807, 2.05) is 30.3 Å². The maximum atomic E-state index is 12.9. The molecule has 1 heterocycles. The van der Waals surface area contributed by atoms with Crippen LogP contribution in [-0.4, -0.2) is 36.3 Å². The highest BCUT2D eigenvalue weighted by molar-refractivity contribution is 6.30. The summed E-state index contributed by atoms with van der Waals surface area (Å²) in [5.41, 5.74) is 3.11. The highest BCUT2D eigenvalue weighted by Crippen LogP contribution is 2.31. The van der Waals surface area contributed by atoms with Crippen LogP contribution in [0.25, 0.3) is 0 Å². The number of nitrogens with zero attached hydrogens (tertiary/aromatic N) is 1. The van der Waals surface area contributed by atoms with Crippen molar-refractivity contribution in [3.63, 3.8) is 0 Å². The summed E-state index contributed by atoms with van der Waals surface area (Å²) in [6, 6.07) is 21.1. The molecule has 0 unspecified atom stereocenters. The number of anilines is 1. The Balaban J connectivity index is 1.45. The second-order valence-corrected chi connectivity index (χ2v) is 8.03. The van der Waals surface area contributed by atoms with Crippen molar-refractivity contribution in [3.05, 3.63) is 100 Å². The molecule has 0 aromatic heterocycles. The highest BCUT2D eigenvalue weighted by atomic mass is 35.5. The van der Waals surface area contributed by atoms with Crippen molar-refractivity contribution < 1.29 is 19.1 Å². The van der Waals surface area contributed by atoms with Gasteiger partial charge in [-0.25, -0.2) is 4.79 Å². The Morgan fingerprint density at radius 2 is 1.78 bits per heavy atom. The molecule has 0 saturated carbocycles. The molecule has 0 aliphatic carbocycles. The summed E-state index contributed by atoms with van der Waals surface area (Å²) < 4.78 is 5.57. The lowest BCUT2D eigenvalue weighted by molar-refractivity contribution is -0.116. The largest absolute Gasteiger partial charge is 0.454 e. The Kier molecular flexibility index (Phi) is 6.23. The fourth-order valence-electron chi connectivity index (χ4n) is 3.62. The van der Waals surface area contributed by atoms with Crippen molar-refractivity contribution in [1.29, 1.82) is 0 Å². The van der Waals surface area contributed by atoms with E-state index in [0.717, 1.165) is 11.1 Å². The molecule has 1 atom stereocenters. The lowest BCUT2D eigenvalue weighted by atomic mass is 9.93. The third-order valence-electron chi connectivity index (χ3n) is 5.25. The molecule has 3 aromatic rings. The van der Waals surface area contributed by atoms with Gasteiger partial charge in [0, 0.05) is 29.7 Å². The number of nitrogens with one attached hydrogen (secondary N) is 1. The van der Waals surface area contributed by atoms with E-state index in [4.69, 9.17) is 16.3 Å². The van der Waals surface area contributed by atoms with E-state index in [0.29, 0.717) is 28.3 Å². The lowest BCUT2D eigenvalue weighted by Gasteiger charge is -2.26. The maximum absolute atomic E-state index is 12.9. The number of halogens is 1. The van der Waals surface area contributed by atoms with Gasteiger partial charge in [0.15, 0.2) is 0 Å². The number of likely N-dealkylation sites (N-methyl/N-ethyl adjacent to an activating group) is 1. The van der Waals surface area contributed by atoms with Crippen LogP contribution in [0.3, 0.4) is 0 Å². The topological polar surface area (TPSA) is 75.7 Å². The summed E-state index contributed by atoms with van der Waals surface area (Å²) >= 11 is 5.85. The Morgan fingerprint density at radius 3 is 2.50 bits per heavy atom. The number of cyclic esters (lactones) is 1. The van der Waals surface area contributed by atoms with Crippen molar-refractivity contribution in [3.8, 4) is 0 Å². The Bertz CT molecular complexity index is 1160. The summed E-state index contributed by atoms with van der Waals surface area (Å²) in [4.78, 5) is 39.0. The zero-order chi connectivity index (χ0) is 22.7. The van der Waals surface area contributed by atoms with E-state index >= 15 is 0 Å². The van der Waals surface area contributed by atoms with E-state index in [9.17, 15) is 14.4 Å². The number of ether oxygens (including phenoxy) is 1. The number of amides is 2. The summed E-state index contributed by atoms with van der Waals surface area (Å²) in [5.74, 6) is -1.04. The fraction of sp³-hybridized carbons (Fsp3) is 0.160. The quantitative estimate of drug-likeness (QED) is 0.583. The van der Waals surface area contributed by atoms with Crippen LogP contribution in [0.2, 0.25) is 5.02 Å². The summed E-state index contributed by atoms with van der Waals surface area (Å²) in [7, 11) is 1.56. The van der Waals surface area contributed by atoms with Crippen molar-refractivity contribution in [2.24, 2.45) is 0 Å². The van der Waals surface area contributed by atoms with Gasteiger partial charge in [0.05, 0.1) is 12.1 Å². The molecule has 0 saturated heterocycles. The van der Waals surface area contributed by atoms with Gasteiger partial charge in [-0.1, -0.05) is 41.9 Å². The number of benzene rings is 3. The predicted octanol–water partition coefficient (Wildman–Crippen LogP) is 4.50. The summed E-state index contributed by atoms with van der Waals surface area (Å²) in [5, 5.41) is 3.30. The molecule has 6 nitrogen and oxygen atoms in total. The van der Waals surface area contributed by atoms with Gasteiger partial charge in [-0.2, -0.15) is 0 Å². The standard InChI is InChI=1S/C25H21ClN2O4/c1-28(15-23(29)27-20-10-8-19(26)9-11-20)24(30)17-7-12-21-18(13-17)14-22(32-25(21)31)16-5-3-2-4-6-16/h2-13,22H,14-15H2,1H3,(H,27,29)/t22-/m1/s1. The van der Waals surface area contributed by atoms with E-state index in [1.54, 1.807) is 49.5 Å². The van der Waals surface area contributed by atoms with Gasteiger partial charge in [0.25, 0.3) is 5.91 Å². The fourth-order valence-corrected chi connectivity index (χ4v) is 3.75. The lowest BCUT2D eigenvalue weighted by Crippen LogP contribution is -2.35. The van der Waals surface area contributed by atoms with Crippen molar-refractivity contribution in [2.75, 3.05) is 18.9 Å². The first kappa shape index (κ1) is 21.6. The van der Waals surface area contributed by atoms with E-state index in [1.165, 1.54) is 4.90 Å². The maximum Gasteiger partial charge on any atom is 0.339 e. The average Bonchev–Trinajstić information content (AvgIpc) is 2.80. The highest BCUT2D eigenvalue weighted by Gasteiger charge is 2.28.